The maximum absolute atomic E-state index is 13.0. The van der Waals surface area contributed by atoms with E-state index in [9.17, 15) is 4.39 Å². The summed E-state index contributed by atoms with van der Waals surface area (Å²) in [6.07, 6.45) is 6.29. The Labute approximate surface area is 183 Å². The van der Waals surface area contributed by atoms with Gasteiger partial charge in [-0.2, -0.15) is 5.10 Å². The van der Waals surface area contributed by atoms with Crippen LogP contribution in [0.5, 0.6) is 0 Å². The first-order valence-electron chi connectivity index (χ1n) is 9.57. The Morgan fingerprint density at radius 3 is 2.68 bits per heavy atom. The zero-order valence-electron chi connectivity index (χ0n) is 16.2. The highest BCUT2D eigenvalue weighted by Crippen LogP contribution is 2.28. The van der Waals surface area contributed by atoms with Crippen LogP contribution in [0.2, 0.25) is 0 Å². The third-order valence-electron chi connectivity index (χ3n) is 4.44. The van der Waals surface area contributed by atoms with Gasteiger partial charge in [0.25, 0.3) is 0 Å². The molecule has 1 aromatic carbocycles. The van der Waals surface area contributed by atoms with Crippen LogP contribution in [0.3, 0.4) is 0 Å². The molecule has 2 N–H and O–H groups in total. The Balaban J connectivity index is 0.00000280. The van der Waals surface area contributed by atoms with E-state index < -0.39 is 0 Å². The number of hydrogen-bond acceptors (Lipinski definition) is 3. The van der Waals surface area contributed by atoms with Gasteiger partial charge < -0.3 is 15.4 Å². The van der Waals surface area contributed by atoms with Gasteiger partial charge in [-0.15, -0.1) is 24.0 Å². The molecule has 0 aliphatic heterocycles. The third-order valence-corrected chi connectivity index (χ3v) is 4.44. The van der Waals surface area contributed by atoms with E-state index in [4.69, 9.17) is 4.74 Å². The molecule has 8 heteroatoms. The van der Waals surface area contributed by atoms with Crippen LogP contribution in [0.25, 0.3) is 5.69 Å². The topological polar surface area (TPSA) is 63.5 Å². The average Bonchev–Trinajstić information content (AvgIpc) is 3.39. The summed E-state index contributed by atoms with van der Waals surface area (Å²) in [7, 11) is 1.77. The van der Waals surface area contributed by atoms with Gasteiger partial charge in [0.1, 0.15) is 5.82 Å². The molecule has 0 radical (unpaired) electrons. The Kier molecular flexibility index (Phi) is 9.69. The van der Waals surface area contributed by atoms with Crippen LogP contribution in [0, 0.1) is 11.7 Å². The quantitative estimate of drug-likeness (QED) is 0.227. The molecule has 28 heavy (non-hydrogen) atoms. The second-order valence-corrected chi connectivity index (χ2v) is 6.78. The minimum Gasteiger partial charge on any atom is -0.381 e. The second-order valence-electron chi connectivity index (χ2n) is 6.78. The summed E-state index contributed by atoms with van der Waals surface area (Å²) >= 11 is 0. The van der Waals surface area contributed by atoms with E-state index in [0.29, 0.717) is 0 Å². The number of ether oxygens (including phenoxy) is 1. The molecular weight excluding hydrogens is 472 g/mol. The molecular formula is C20H29FIN5O. The SMILES string of the molecule is CN=C(NCCCOCC1CC1)NCCc1ccn(-c2ccc(F)cc2)n1.I. The van der Waals surface area contributed by atoms with Crippen molar-refractivity contribution in [2.24, 2.45) is 10.9 Å². The maximum atomic E-state index is 13.0. The molecule has 2 aromatic rings. The van der Waals surface area contributed by atoms with Gasteiger partial charge in [-0.1, -0.05) is 0 Å². The third kappa shape index (κ3) is 7.75. The summed E-state index contributed by atoms with van der Waals surface area (Å²) in [5, 5.41) is 11.1. The van der Waals surface area contributed by atoms with Gasteiger partial charge in [0, 0.05) is 46.0 Å². The number of nitrogens with zero attached hydrogens (tertiary/aromatic N) is 3. The van der Waals surface area contributed by atoms with Gasteiger partial charge in [0.15, 0.2) is 5.96 Å². The number of aliphatic imine (C=N–C) groups is 1. The predicted octanol–water partition coefficient (Wildman–Crippen LogP) is 3.15. The van der Waals surface area contributed by atoms with Crippen molar-refractivity contribution in [3.05, 3.63) is 48.0 Å². The lowest BCUT2D eigenvalue weighted by molar-refractivity contribution is 0.123. The number of guanidine groups is 1. The molecule has 1 aromatic heterocycles. The molecule has 1 heterocycles. The fraction of sp³-hybridized carbons (Fsp3) is 0.500. The lowest BCUT2D eigenvalue weighted by atomic mass is 10.3. The molecule has 6 nitrogen and oxygen atoms in total. The minimum atomic E-state index is -0.247. The Hall–Kier alpha value is -1.68. The molecule has 1 saturated carbocycles. The molecule has 0 atom stereocenters. The van der Waals surface area contributed by atoms with Gasteiger partial charge in [0.05, 0.1) is 11.4 Å². The summed E-state index contributed by atoms with van der Waals surface area (Å²) in [6.45, 7) is 3.28. The highest BCUT2D eigenvalue weighted by atomic mass is 127. The Morgan fingerprint density at radius 1 is 1.21 bits per heavy atom. The number of hydrogen-bond donors (Lipinski definition) is 2. The van der Waals surface area contributed by atoms with Crippen LogP contribution < -0.4 is 10.6 Å². The first kappa shape index (κ1) is 22.6. The van der Waals surface area contributed by atoms with Crippen molar-refractivity contribution >= 4 is 29.9 Å². The molecule has 0 saturated heterocycles. The smallest absolute Gasteiger partial charge is 0.190 e. The number of halogens is 2. The molecule has 0 spiro atoms. The highest BCUT2D eigenvalue weighted by Gasteiger charge is 2.20. The first-order chi connectivity index (χ1) is 13.2. The molecule has 0 bridgehead atoms. The summed E-state index contributed by atoms with van der Waals surface area (Å²) in [6, 6.07) is 8.27. The monoisotopic (exact) mass is 501 g/mol. The minimum absolute atomic E-state index is 0. The maximum Gasteiger partial charge on any atom is 0.190 e. The lowest BCUT2D eigenvalue weighted by Crippen LogP contribution is -2.39. The number of aromatic nitrogens is 2. The van der Waals surface area contributed by atoms with Gasteiger partial charge in [-0.25, -0.2) is 9.07 Å². The zero-order valence-corrected chi connectivity index (χ0v) is 18.6. The van der Waals surface area contributed by atoms with Crippen molar-refractivity contribution in [1.29, 1.82) is 0 Å². The van der Waals surface area contributed by atoms with Crippen LogP contribution in [-0.4, -0.2) is 49.1 Å². The van der Waals surface area contributed by atoms with E-state index in [1.807, 2.05) is 12.3 Å². The van der Waals surface area contributed by atoms with Crippen molar-refractivity contribution in [2.75, 3.05) is 33.4 Å². The van der Waals surface area contributed by atoms with Gasteiger partial charge in [-0.3, -0.25) is 4.99 Å². The van der Waals surface area contributed by atoms with Crippen LogP contribution >= 0.6 is 24.0 Å². The molecule has 0 unspecified atom stereocenters. The summed E-state index contributed by atoms with van der Waals surface area (Å²) in [4.78, 5) is 4.23. The van der Waals surface area contributed by atoms with Crippen molar-refractivity contribution in [3.8, 4) is 5.69 Å². The van der Waals surface area contributed by atoms with Gasteiger partial charge in [0.2, 0.25) is 0 Å². The first-order valence-corrected chi connectivity index (χ1v) is 9.57. The molecule has 0 amide bonds. The number of rotatable bonds is 10. The van der Waals surface area contributed by atoms with E-state index in [1.54, 1.807) is 23.9 Å². The molecule has 1 aliphatic rings. The number of nitrogens with one attached hydrogen (secondary N) is 2. The van der Waals surface area contributed by atoms with Crippen LogP contribution in [0.15, 0.2) is 41.5 Å². The Bertz CT molecular complexity index is 730. The van der Waals surface area contributed by atoms with Crippen LogP contribution in [-0.2, 0) is 11.2 Å². The predicted molar refractivity (Wildman–Crippen MR) is 120 cm³/mol. The fourth-order valence-corrected chi connectivity index (χ4v) is 2.68. The largest absolute Gasteiger partial charge is 0.381 e. The fourth-order valence-electron chi connectivity index (χ4n) is 2.68. The van der Waals surface area contributed by atoms with Crippen molar-refractivity contribution in [3.63, 3.8) is 0 Å². The van der Waals surface area contributed by atoms with Crippen molar-refractivity contribution in [1.82, 2.24) is 20.4 Å². The van der Waals surface area contributed by atoms with Crippen LogP contribution in [0.1, 0.15) is 25.0 Å². The van der Waals surface area contributed by atoms with Crippen molar-refractivity contribution in [2.45, 2.75) is 25.7 Å². The average molecular weight is 501 g/mol. The van der Waals surface area contributed by atoms with E-state index in [0.717, 1.165) is 62.4 Å². The lowest BCUT2D eigenvalue weighted by Gasteiger charge is -2.11. The molecule has 154 valence electrons. The summed E-state index contributed by atoms with van der Waals surface area (Å²) < 4.78 is 20.4. The molecule has 1 fully saturated rings. The normalized spacial score (nSPS) is 13.9. The van der Waals surface area contributed by atoms with Crippen LogP contribution in [0.4, 0.5) is 4.39 Å². The van der Waals surface area contributed by atoms with Crippen molar-refractivity contribution < 1.29 is 9.13 Å². The van der Waals surface area contributed by atoms with E-state index in [-0.39, 0.29) is 29.8 Å². The number of benzene rings is 1. The zero-order chi connectivity index (χ0) is 18.9. The van der Waals surface area contributed by atoms with E-state index in [1.165, 1.54) is 25.0 Å². The second kappa shape index (κ2) is 12.0. The van der Waals surface area contributed by atoms with Gasteiger partial charge in [-0.05, 0) is 55.5 Å². The van der Waals surface area contributed by atoms with Gasteiger partial charge >= 0.3 is 0 Å². The summed E-state index contributed by atoms with van der Waals surface area (Å²) in [5.74, 6) is 1.36. The summed E-state index contributed by atoms with van der Waals surface area (Å²) in [5.41, 5.74) is 1.81. The molecule has 3 rings (SSSR count). The highest BCUT2D eigenvalue weighted by molar-refractivity contribution is 14.0. The Morgan fingerprint density at radius 2 is 1.96 bits per heavy atom. The standard InChI is InChI=1S/C20H28FN5O.HI/c1-22-20(23-11-2-14-27-15-16-3-4-16)24-12-9-18-10-13-26(25-18)19-7-5-17(21)6-8-19;/h5-8,10,13,16H,2-4,9,11-12,14-15H2,1H3,(H2,22,23,24);1H. The van der Waals surface area contributed by atoms with E-state index >= 15 is 0 Å². The molecule has 1 aliphatic carbocycles. The van der Waals surface area contributed by atoms with E-state index in [2.05, 4.69) is 20.7 Å².